The Balaban J connectivity index is 0. The molecule has 42 heavy (non-hydrogen) atoms. The molecule has 0 aliphatic carbocycles. The minimum absolute atomic E-state index is 0.0868. The lowest BCUT2D eigenvalue weighted by atomic mass is 10.1. The number of ether oxygens (including phenoxy) is 1. The molecule has 12 heteroatoms. The van der Waals surface area contributed by atoms with Crippen molar-refractivity contribution in [2.45, 2.75) is 45.9 Å². The SMILES string of the molecule is C=CC(=O)ONC(C)C(C)=O.CC(=O)/C(C)=N\O.OCC(O)c1ccccc1.[CH+]=CC(=O)OCC(O)c1ccccc1. The molecular weight excluding hydrogens is 548 g/mol. The Hall–Kier alpha value is -4.58. The van der Waals surface area contributed by atoms with Crippen molar-refractivity contribution in [3.8, 4) is 0 Å². The first-order chi connectivity index (χ1) is 19.8. The summed E-state index contributed by atoms with van der Waals surface area (Å²) in [5.74, 6) is -1.54. The van der Waals surface area contributed by atoms with Gasteiger partial charge in [0.25, 0.3) is 0 Å². The Morgan fingerprint density at radius 2 is 1.40 bits per heavy atom. The fraction of sp³-hybridized carbons (Fsp3) is 0.300. The van der Waals surface area contributed by atoms with Gasteiger partial charge < -0.3 is 30.1 Å². The molecule has 5 N–H and O–H groups in total. The number of aliphatic hydroxyl groups excluding tert-OH is 3. The summed E-state index contributed by atoms with van der Waals surface area (Å²) in [6, 6.07) is 17.6. The van der Waals surface area contributed by atoms with E-state index in [9.17, 15) is 24.3 Å². The maximum Gasteiger partial charge on any atom is 0.484 e. The molecule has 0 amide bonds. The summed E-state index contributed by atoms with van der Waals surface area (Å²) in [4.78, 5) is 46.1. The third-order valence-corrected chi connectivity index (χ3v) is 4.83. The van der Waals surface area contributed by atoms with Crippen LogP contribution in [-0.4, -0.2) is 69.0 Å². The van der Waals surface area contributed by atoms with Crippen molar-refractivity contribution in [1.82, 2.24) is 5.48 Å². The van der Waals surface area contributed by atoms with Crippen LogP contribution in [0.2, 0.25) is 0 Å². The number of hydrogen-bond acceptors (Lipinski definition) is 12. The zero-order valence-corrected chi connectivity index (χ0v) is 24.0. The highest BCUT2D eigenvalue weighted by atomic mass is 16.7. The molecule has 0 heterocycles. The normalized spacial score (nSPS) is 12.0. The highest BCUT2D eigenvalue weighted by Crippen LogP contribution is 2.12. The van der Waals surface area contributed by atoms with Gasteiger partial charge in [-0.1, -0.05) is 72.4 Å². The number of ketones is 2. The average Bonchev–Trinajstić information content (AvgIpc) is 3.02. The Morgan fingerprint density at radius 3 is 1.74 bits per heavy atom. The number of carbonyl (C=O) groups excluding carboxylic acids is 4. The maximum atomic E-state index is 10.6. The molecule has 12 nitrogen and oxygen atoms in total. The standard InChI is InChI=1S/C11H11O3.C8H10O2.C7H11NO3.C4H7NO2/c1-2-11(13)14-8-10(12)9-6-4-3-5-7-9;9-6-8(10)7-4-2-1-3-5-7;1-4-7(10)11-8-5(2)6(3)9;1-3(5-7)4(2)6/h1-7,10,12H,8H2;1-5,8-10H,6H2;4-5,8H,1H2,2-3H3;7H,1-2H3/q+1;;;/b;;;5-3-. The predicted octanol–water partition coefficient (Wildman–Crippen LogP) is 2.59. The number of rotatable bonds is 11. The van der Waals surface area contributed by atoms with Crippen LogP contribution in [0.5, 0.6) is 0 Å². The highest BCUT2D eigenvalue weighted by Gasteiger charge is 2.13. The number of nitrogens with zero attached hydrogens (tertiary/aromatic N) is 1. The van der Waals surface area contributed by atoms with Crippen LogP contribution < -0.4 is 5.48 Å². The Bertz CT molecular complexity index is 1120. The van der Waals surface area contributed by atoms with Gasteiger partial charge in [-0.3, -0.25) is 9.59 Å². The Kier molecular flexibility index (Phi) is 22.8. The van der Waals surface area contributed by atoms with E-state index in [1.165, 1.54) is 20.8 Å². The Morgan fingerprint density at radius 1 is 0.929 bits per heavy atom. The van der Waals surface area contributed by atoms with E-state index in [1.54, 1.807) is 43.3 Å². The molecule has 0 saturated heterocycles. The third kappa shape index (κ3) is 20.3. The van der Waals surface area contributed by atoms with E-state index in [1.807, 2.05) is 24.3 Å². The first kappa shape index (κ1) is 39.6. The second-order valence-corrected chi connectivity index (χ2v) is 8.15. The van der Waals surface area contributed by atoms with E-state index in [0.717, 1.165) is 17.7 Å². The molecule has 2 rings (SSSR count). The molecule has 0 aliphatic rings. The molecule has 2 aromatic rings. The van der Waals surface area contributed by atoms with Crippen LogP contribution in [0.15, 0.2) is 84.6 Å². The number of benzene rings is 2. The molecule has 3 unspecified atom stereocenters. The smallest absolute Gasteiger partial charge is 0.411 e. The number of esters is 1. The summed E-state index contributed by atoms with van der Waals surface area (Å²) < 4.78 is 4.64. The fourth-order valence-corrected chi connectivity index (χ4v) is 2.10. The molecule has 0 spiro atoms. The van der Waals surface area contributed by atoms with Gasteiger partial charge in [0.15, 0.2) is 5.78 Å². The lowest BCUT2D eigenvalue weighted by molar-refractivity contribution is -0.148. The van der Waals surface area contributed by atoms with Gasteiger partial charge in [0.2, 0.25) is 6.08 Å². The molecule has 0 bridgehead atoms. The summed E-state index contributed by atoms with van der Waals surface area (Å²) >= 11 is 0. The zero-order chi connectivity index (χ0) is 32.5. The van der Waals surface area contributed by atoms with Crippen LogP contribution in [0.3, 0.4) is 0 Å². The van der Waals surface area contributed by atoms with E-state index >= 15 is 0 Å². The van der Waals surface area contributed by atoms with Crippen LogP contribution in [0.25, 0.3) is 0 Å². The summed E-state index contributed by atoms with van der Waals surface area (Å²) in [6.45, 7) is 13.6. The number of carbonyl (C=O) groups is 4. The monoisotopic (exact) mass is 587 g/mol. The molecule has 0 fully saturated rings. The molecule has 0 saturated carbocycles. The van der Waals surface area contributed by atoms with Crippen LogP contribution in [0.1, 0.15) is 51.0 Å². The lowest BCUT2D eigenvalue weighted by Gasteiger charge is -2.07. The zero-order valence-electron chi connectivity index (χ0n) is 24.0. The van der Waals surface area contributed by atoms with Gasteiger partial charge in [-0.05, 0) is 31.9 Å². The van der Waals surface area contributed by atoms with Crippen molar-refractivity contribution in [3.05, 3.63) is 97.1 Å². The van der Waals surface area contributed by atoms with Crippen molar-refractivity contribution < 1.29 is 49.3 Å². The minimum Gasteiger partial charge on any atom is -0.411 e. The van der Waals surface area contributed by atoms with Gasteiger partial charge in [0, 0.05) is 13.0 Å². The second-order valence-electron chi connectivity index (χ2n) is 8.15. The van der Waals surface area contributed by atoms with Gasteiger partial charge in [-0.2, -0.15) is 0 Å². The summed E-state index contributed by atoms with van der Waals surface area (Å²) in [5, 5.41) is 37.7. The van der Waals surface area contributed by atoms with Crippen molar-refractivity contribution >= 4 is 29.2 Å². The van der Waals surface area contributed by atoms with E-state index in [4.69, 9.17) is 22.0 Å². The van der Waals surface area contributed by atoms with Gasteiger partial charge >= 0.3 is 11.9 Å². The fourth-order valence-electron chi connectivity index (χ4n) is 2.10. The summed E-state index contributed by atoms with van der Waals surface area (Å²) in [6.07, 6.45) is 0.290. The number of aliphatic hydroxyl groups is 3. The van der Waals surface area contributed by atoms with Crippen LogP contribution in [0.4, 0.5) is 0 Å². The average molecular weight is 588 g/mol. The molecule has 3 atom stereocenters. The Labute approximate surface area is 245 Å². The predicted molar refractivity (Wildman–Crippen MR) is 155 cm³/mol. The minimum atomic E-state index is -0.805. The summed E-state index contributed by atoms with van der Waals surface area (Å²) in [7, 11) is 0. The van der Waals surface area contributed by atoms with Gasteiger partial charge in [0.1, 0.15) is 30.3 Å². The second kappa shape index (κ2) is 24.2. The van der Waals surface area contributed by atoms with E-state index in [0.29, 0.717) is 5.56 Å². The molecule has 0 aliphatic heterocycles. The number of oxime groups is 1. The molecule has 228 valence electrons. The molecule has 0 radical (unpaired) electrons. The van der Waals surface area contributed by atoms with Crippen LogP contribution >= 0.6 is 0 Å². The van der Waals surface area contributed by atoms with Crippen molar-refractivity contribution in [2.24, 2.45) is 5.16 Å². The van der Waals surface area contributed by atoms with Gasteiger partial charge in [-0.25, -0.2) is 4.79 Å². The number of Topliss-reactive ketones (excluding diaryl/α,β-unsaturated/α-hetero) is 2. The van der Waals surface area contributed by atoms with E-state index in [2.05, 4.69) is 26.8 Å². The van der Waals surface area contributed by atoms with Gasteiger partial charge in [-0.15, -0.1) is 10.3 Å². The van der Waals surface area contributed by atoms with Crippen molar-refractivity contribution in [2.75, 3.05) is 13.2 Å². The molecular formula is C30H39N2O10+. The first-order valence-corrected chi connectivity index (χ1v) is 12.4. The lowest BCUT2D eigenvalue weighted by Crippen LogP contribution is -2.33. The largest absolute Gasteiger partial charge is 0.484 e. The first-order valence-electron chi connectivity index (χ1n) is 12.4. The van der Waals surface area contributed by atoms with Crippen LogP contribution in [-0.2, 0) is 28.8 Å². The maximum absolute atomic E-state index is 10.6. The van der Waals surface area contributed by atoms with E-state index in [-0.39, 0.29) is 30.5 Å². The van der Waals surface area contributed by atoms with E-state index < -0.39 is 30.2 Å². The van der Waals surface area contributed by atoms with Crippen molar-refractivity contribution in [1.29, 1.82) is 0 Å². The number of hydroxylamine groups is 1. The number of nitrogens with one attached hydrogen (secondary N) is 1. The quantitative estimate of drug-likeness (QED) is 0.0648. The number of hydrogen-bond donors (Lipinski definition) is 5. The highest BCUT2D eigenvalue weighted by molar-refractivity contribution is 6.37. The summed E-state index contributed by atoms with van der Waals surface area (Å²) in [5.41, 5.74) is 3.86. The van der Waals surface area contributed by atoms with Crippen molar-refractivity contribution in [3.63, 3.8) is 0 Å². The third-order valence-electron chi connectivity index (χ3n) is 4.83. The molecule has 2 aromatic carbocycles. The van der Waals surface area contributed by atoms with Crippen LogP contribution in [0, 0.1) is 6.58 Å². The topological polar surface area (TPSA) is 192 Å². The van der Waals surface area contributed by atoms with Gasteiger partial charge in [0.05, 0.1) is 19.2 Å². The molecule has 0 aromatic heterocycles.